The molecule has 0 spiro atoms. The van der Waals surface area contributed by atoms with Gasteiger partial charge in [-0.25, -0.2) is 4.79 Å². The molecule has 2 atom stereocenters. The number of carbonyl (C=O) groups excluding carboxylic acids is 1. The Balaban J connectivity index is 0.000000338. The molecule has 2 amide bonds. The molecule has 0 saturated carbocycles. The highest BCUT2D eigenvalue weighted by atomic mass is 35.5. The number of halogens is 7. The summed E-state index contributed by atoms with van der Waals surface area (Å²) in [7, 11) is -0.886. The van der Waals surface area contributed by atoms with E-state index in [1.807, 2.05) is 65.8 Å². The SMILES string of the molecule is Cc1ccc(N)cc1B1OC(C)(C)C(C)(C)O1.Cc1ccc(NC(=O)N2CC[C@@H](CC(F)(F)F)C2)cc1B1OC(C)(C)C(C)(C)O1.Cl.FC(F)(F)C[C@@H]1CCNC1.S. The molecule has 6 rings (SSSR count). The number of aryl methyl sites for hydroxylation is 2. The summed E-state index contributed by atoms with van der Waals surface area (Å²) in [6, 6.07) is 10.9. The Morgan fingerprint density at radius 2 is 1.22 bits per heavy atom. The first-order valence-corrected chi connectivity index (χ1v) is 19.2. The number of nitrogen functional groups attached to an aromatic ring is 1. The number of anilines is 2. The summed E-state index contributed by atoms with van der Waals surface area (Å²) in [5.41, 5.74) is 9.47. The highest BCUT2D eigenvalue weighted by molar-refractivity contribution is 7.59. The number of nitrogens with zero attached hydrogens (tertiary/aromatic N) is 1. The minimum Gasteiger partial charge on any atom is -0.399 e. The van der Waals surface area contributed by atoms with Crippen LogP contribution in [0.25, 0.3) is 0 Å². The van der Waals surface area contributed by atoms with E-state index in [0.717, 1.165) is 34.3 Å². The highest BCUT2D eigenvalue weighted by Gasteiger charge is 2.53. The number of carbonyl (C=O) groups is 1. The quantitative estimate of drug-likeness (QED) is 0.159. The standard InChI is InChI=1S/C20H28BF3N2O3.C13H20BNO2.C6H10F3N.ClH.H2S/c1-13-6-7-15(10-16(13)21-28-18(2,3)19(4,5)29-21)25-17(27)26-9-8-14(12-26)11-20(22,23)24;1-9-6-7-10(15)8-11(9)14-16-12(2,3)13(4,5)17-14;7-6(8,9)3-5-1-2-10-4-5;;/h6-7,10,14H,8-9,11-12H2,1-5H3,(H,25,27);6-8H,15H2,1-5H3;5,10H,1-4H2;1H;1H2/t14-;;5-;;/m0.0../s1. The van der Waals surface area contributed by atoms with Gasteiger partial charge >= 0.3 is 32.6 Å². The fourth-order valence-electron chi connectivity index (χ4n) is 6.75. The van der Waals surface area contributed by atoms with E-state index in [4.69, 9.17) is 24.4 Å². The lowest BCUT2D eigenvalue weighted by Gasteiger charge is -2.32. The Kier molecular flexibility index (Phi) is 17.5. The summed E-state index contributed by atoms with van der Waals surface area (Å²) in [5.74, 6) is -0.723. The van der Waals surface area contributed by atoms with Gasteiger partial charge in [-0.1, -0.05) is 23.3 Å². The summed E-state index contributed by atoms with van der Waals surface area (Å²) in [6.07, 6.45) is -8.63. The molecule has 4 heterocycles. The van der Waals surface area contributed by atoms with Gasteiger partial charge in [0.05, 0.1) is 22.4 Å². The zero-order valence-corrected chi connectivity index (χ0v) is 37.0. The number of benzene rings is 2. The molecule has 19 heteroatoms. The molecular formula is C39H61B2ClF6N4O5S. The van der Waals surface area contributed by atoms with Crippen LogP contribution >= 0.6 is 25.9 Å². The maximum Gasteiger partial charge on any atom is 0.495 e. The van der Waals surface area contributed by atoms with Gasteiger partial charge in [0, 0.05) is 37.3 Å². The summed E-state index contributed by atoms with van der Waals surface area (Å²) in [4.78, 5) is 14.0. The molecule has 328 valence electrons. The molecule has 4 aliphatic rings. The number of amides is 2. The number of urea groups is 1. The Bertz CT molecular complexity index is 1650. The van der Waals surface area contributed by atoms with Crippen molar-refractivity contribution in [2.45, 2.75) is 130 Å². The molecule has 2 aromatic carbocycles. The van der Waals surface area contributed by atoms with Crippen LogP contribution in [0.3, 0.4) is 0 Å². The number of alkyl halides is 6. The third-order valence-corrected chi connectivity index (χ3v) is 11.6. The van der Waals surface area contributed by atoms with Crippen LogP contribution in [0.2, 0.25) is 0 Å². The summed E-state index contributed by atoms with van der Waals surface area (Å²) < 4.78 is 97.0. The minimum absolute atomic E-state index is 0. The van der Waals surface area contributed by atoms with Crippen LogP contribution in [0.1, 0.15) is 92.2 Å². The molecule has 4 aliphatic heterocycles. The van der Waals surface area contributed by atoms with Crippen molar-refractivity contribution < 1.29 is 49.8 Å². The average molecular weight is 869 g/mol. The normalized spacial score (nSPS) is 22.9. The van der Waals surface area contributed by atoms with Gasteiger partial charge in [0.25, 0.3) is 0 Å². The molecule has 4 N–H and O–H groups in total. The van der Waals surface area contributed by atoms with Gasteiger partial charge in [-0.05, 0) is 142 Å². The Morgan fingerprint density at radius 3 is 1.67 bits per heavy atom. The van der Waals surface area contributed by atoms with Gasteiger partial charge in [-0.2, -0.15) is 39.8 Å². The van der Waals surface area contributed by atoms with E-state index in [2.05, 4.69) is 38.3 Å². The number of hydrogen-bond donors (Lipinski definition) is 3. The van der Waals surface area contributed by atoms with Gasteiger partial charge in [0.15, 0.2) is 0 Å². The van der Waals surface area contributed by atoms with E-state index in [0.29, 0.717) is 31.6 Å². The first kappa shape index (κ1) is 51.8. The maximum atomic E-state index is 12.6. The van der Waals surface area contributed by atoms with Crippen molar-refractivity contribution in [2.24, 2.45) is 11.8 Å². The molecule has 0 radical (unpaired) electrons. The van der Waals surface area contributed by atoms with Crippen LogP contribution in [0, 0.1) is 25.7 Å². The first-order valence-electron chi connectivity index (χ1n) is 19.2. The van der Waals surface area contributed by atoms with Crippen molar-refractivity contribution in [2.75, 3.05) is 37.2 Å². The van der Waals surface area contributed by atoms with Crippen LogP contribution in [0.5, 0.6) is 0 Å². The Hall–Kier alpha value is -2.34. The second-order valence-corrected chi connectivity index (χ2v) is 17.4. The summed E-state index contributed by atoms with van der Waals surface area (Å²) in [6.45, 7) is 21.8. The number of nitrogens with two attached hydrogens (primary N) is 1. The maximum absolute atomic E-state index is 12.6. The highest BCUT2D eigenvalue weighted by Crippen LogP contribution is 2.38. The van der Waals surface area contributed by atoms with Crippen LogP contribution < -0.4 is 27.3 Å². The fraction of sp³-hybridized carbons (Fsp3) is 0.667. The fourth-order valence-corrected chi connectivity index (χ4v) is 6.75. The molecule has 0 aromatic heterocycles. The van der Waals surface area contributed by atoms with Gasteiger partial charge in [0.2, 0.25) is 0 Å². The van der Waals surface area contributed by atoms with Crippen molar-refractivity contribution in [3.8, 4) is 0 Å². The van der Waals surface area contributed by atoms with Crippen molar-refractivity contribution in [3.63, 3.8) is 0 Å². The predicted octanol–water partition coefficient (Wildman–Crippen LogP) is 8.06. The van der Waals surface area contributed by atoms with Crippen LogP contribution in [0.4, 0.5) is 42.5 Å². The Labute approximate surface area is 353 Å². The minimum atomic E-state index is -4.20. The smallest absolute Gasteiger partial charge is 0.399 e. The largest absolute Gasteiger partial charge is 0.495 e. The van der Waals surface area contributed by atoms with Crippen molar-refractivity contribution in [1.82, 2.24) is 10.2 Å². The molecule has 58 heavy (non-hydrogen) atoms. The van der Waals surface area contributed by atoms with E-state index < -0.39 is 55.5 Å². The van der Waals surface area contributed by atoms with Crippen molar-refractivity contribution in [1.29, 1.82) is 0 Å². The predicted molar refractivity (Wildman–Crippen MR) is 227 cm³/mol. The lowest BCUT2D eigenvalue weighted by atomic mass is 9.76. The zero-order chi connectivity index (χ0) is 42.1. The number of rotatable bonds is 5. The van der Waals surface area contributed by atoms with Crippen LogP contribution in [-0.4, -0.2) is 86.1 Å². The van der Waals surface area contributed by atoms with Crippen molar-refractivity contribution in [3.05, 3.63) is 47.5 Å². The second kappa shape index (κ2) is 19.6. The molecule has 2 aromatic rings. The van der Waals surface area contributed by atoms with E-state index in [9.17, 15) is 31.1 Å². The van der Waals surface area contributed by atoms with Crippen LogP contribution in [0.15, 0.2) is 36.4 Å². The molecule has 9 nitrogen and oxygen atoms in total. The summed E-state index contributed by atoms with van der Waals surface area (Å²) >= 11 is 0. The lowest BCUT2D eigenvalue weighted by molar-refractivity contribution is -0.144. The van der Waals surface area contributed by atoms with E-state index in [1.165, 1.54) is 4.90 Å². The Morgan fingerprint density at radius 1 is 0.776 bits per heavy atom. The lowest BCUT2D eigenvalue weighted by Crippen LogP contribution is -2.41. The van der Waals surface area contributed by atoms with Crippen LogP contribution in [-0.2, 0) is 18.6 Å². The number of nitrogens with one attached hydrogen (secondary N) is 2. The molecule has 0 aliphatic carbocycles. The van der Waals surface area contributed by atoms with E-state index in [1.54, 1.807) is 12.1 Å². The monoisotopic (exact) mass is 868 g/mol. The third kappa shape index (κ3) is 13.8. The second-order valence-electron chi connectivity index (χ2n) is 17.4. The van der Waals surface area contributed by atoms with Gasteiger partial charge in [-0.3, -0.25) is 0 Å². The van der Waals surface area contributed by atoms with E-state index in [-0.39, 0.29) is 56.7 Å². The number of hydrogen-bond acceptors (Lipinski definition) is 7. The van der Waals surface area contributed by atoms with E-state index >= 15 is 0 Å². The van der Waals surface area contributed by atoms with Crippen molar-refractivity contribution >= 4 is 68.5 Å². The molecule has 0 unspecified atom stereocenters. The first-order chi connectivity index (χ1) is 25.6. The summed E-state index contributed by atoms with van der Waals surface area (Å²) in [5, 5.41) is 5.69. The van der Waals surface area contributed by atoms with Gasteiger partial charge in [-0.15, -0.1) is 12.4 Å². The molecule has 4 fully saturated rings. The molecular weight excluding hydrogens is 808 g/mol. The molecule has 4 saturated heterocycles. The molecule has 0 bridgehead atoms. The average Bonchev–Trinajstić information content (AvgIpc) is 3.81. The third-order valence-electron chi connectivity index (χ3n) is 11.6. The topological polar surface area (TPSA) is 107 Å². The number of likely N-dealkylation sites (tertiary alicyclic amines) is 1. The van der Waals surface area contributed by atoms with Gasteiger partial charge in [0.1, 0.15) is 0 Å². The van der Waals surface area contributed by atoms with Gasteiger partial charge < -0.3 is 39.9 Å². The zero-order valence-electron chi connectivity index (χ0n) is 35.2.